The molecule has 2 fully saturated rings. The average Bonchev–Trinajstić information content (AvgIpc) is 3.44. The van der Waals surface area contributed by atoms with Crippen LogP contribution in [0, 0.1) is 0 Å². The van der Waals surface area contributed by atoms with Gasteiger partial charge in [-0.2, -0.15) is 9.97 Å². The quantitative estimate of drug-likeness (QED) is 0.228. The average molecular weight is 474 g/mol. The van der Waals surface area contributed by atoms with E-state index in [1.54, 1.807) is 0 Å². The van der Waals surface area contributed by atoms with E-state index < -0.39 is 49.2 Å². The SMILES string of the molecule is O=C(O)C(OCC1OC(n2cnc3c(NC4CCOC4)nc(Cl)nc32)C(O)C1O)C(=O)O. The predicted molar refractivity (Wildman–Crippen MR) is 104 cm³/mol. The van der Waals surface area contributed by atoms with Crippen LogP contribution in [0.3, 0.4) is 0 Å². The van der Waals surface area contributed by atoms with Crippen molar-refractivity contribution in [2.45, 2.75) is 43.1 Å². The minimum Gasteiger partial charge on any atom is -0.479 e. The standard InChI is InChI=1S/C17H20ClN5O9/c18-17-21-12(20-6-1-2-30-3-6)8-13(22-17)23(5-19-8)14-10(25)9(24)7(32-14)4-31-11(15(26)27)16(28)29/h5-7,9-11,14,24-25H,1-4H2,(H,26,27)(H,28,29)(H,20,21,22). The van der Waals surface area contributed by atoms with E-state index in [4.69, 9.17) is 36.0 Å². The summed E-state index contributed by atoms with van der Waals surface area (Å²) < 4.78 is 17.2. The van der Waals surface area contributed by atoms with Gasteiger partial charge in [0.15, 0.2) is 23.2 Å². The zero-order valence-corrected chi connectivity index (χ0v) is 17.1. The largest absolute Gasteiger partial charge is 0.479 e. The monoisotopic (exact) mass is 473 g/mol. The number of carboxylic acids is 2. The second-order valence-electron chi connectivity index (χ2n) is 7.31. The number of aliphatic hydroxyl groups is 2. The van der Waals surface area contributed by atoms with Crippen LogP contribution in [0.15, 0.2) is 6.33 Å². The molecule has 0 spiro atoms. The Balaban J connectivity index is 1.55. The third kappa shape index (κ3) is 4.32. The Morgan fingerprint density at radius 3 is 2.69 bits per heavy atom. The molecule has 2 aromatic heterocycles. The third-order valence-corrected chi connectivity index (χ3v) is 5.32. The molecule has 2 saturated heterocycles. The van der Waals surface area contributed by atoms with Crippen LogP contribution >= 0.6 is 11.6 Å². The summed E-state index contributed by atoms with van der Waals surface area (Å²) in [6.45, 7) is 0.521. The Hall–Kier alpha value is -2.62. The lowest BCUT2D eigenvalue weighted by atomic mass is 10.1. The maximum atomic E-state index is 11.0. The normalized spacial score (nSPS) is 27.9. The van der Waals surface area contributed by atoms with Crippen molar-refractivity contribution >= 4 is 40.5 Å². The summed E-state index contributed by atoms with van der Waals surface area (Å²) in [6.07, 6.45) is -5.39. The molecular weight excluding hydrogens is 454 g/mol. The molecule has 0 amide bonds. The molecule has 4 heterocycles. The summed E-state index contributed by atoms with van der Waals surface area (Å²) >= 11 is 6.06. The molecule has 15 heteroatoms. The fourth-order valence-electron chi connectivity index (χ4n) is 3.55. The van der Waals surface area contributed by atoms with Crippen LogP contribution in [0.1, 0.15) is 12.6 Å². The third-order valence-electron chi connectivity index (χ3n) is 5.15. The number of hydrogen-bond acceptors (Lipinski definition) is 11. The second-order valence-corrected chi connectivity index (χ2v) is 7.64. The number of carbonyl (C=O) groups is 2. The number of halogens is 1. The first kappa shape index (κ1) is 22.6. The highest BCUT2D eigenvalue weighted by Gasteiger charge is 2.45. The fraction of sp³-hybridized carbons (Fsp3) is 0.588. The molecule has 2 aromatic rings. The van der Waals surface area contributed by atoms with Gasteiger partial charge in [0, 0.05) is 6.61 Å². The maximum absolute atomic E-state index is 11.0. The summed E-state index contributed by atoms with van der Waals surface area (Å²) in [5.41, 5.74) is 0.571. The summed E-state index contributed by atoms with van der Waals surface area (Å²) in [6, 6.07) is 0.0161. The summed E-state index contributed by atoms with van der Waals surface area (Å²) in [7, 11) is 0. The first-order chi connectivity index (χ1) is 15.3. The summed E-state index contributed by atoms with van der Waals surface area (Å²) in [4.78, 5) is 34.5. The summed E-state index contributed by atoms with van der Waals surface area (Å²) in [5, 5.41) is 41.7. The fourth-order valence-corrected chi connectivity index (χ4v) is 3.72. The minimum atomic E-state index is -2.14. The number of imidazole rings is 1. The molecule has 14 nitrogen and oxygen atoms in total. The van der Waals surface area contributed by atoms with Crippen LogP contribution in [0.2, 0.25) is 5.28 Å². The van der Waals surface area contributed by atoms with E-state index in [2.05, 4.69) is 20.3 Å². The lowest BCUT2D eigenvalue weighted by Crippen LogP contribution is -2.39. The first-order valence-electron chi connectivity index (χ1n) is 9.59. The molecule has 5 unspecified atom stereocenters. The lowest BCUT2D eigenvalue weighted by molar-refractivity contribution is -0.170. The Labute approximate surface area is 184 Å². The van der Waals surface area contributed by atoms with E-state index >= 15 is 0 Å². The molecule has 0 aromatic carbocycles. The number of ether oxygens (including phenoxy) is 3. The van der Waals surface area contributed by atoms with Crippen molar-refractivity contribution in [3.05, 3.63) is 11.6 Å². The van der Waals surface area contributed by atoms with Crippen LogP contribution in [0.5, 0.6) is 0 Å². The van der Waals surface area contributed by atoms with Gasteiger partial charge in [0.25, 0.3) is 6.10 Å². The highest BCUT2D eigenvalue weighted by atomic mass is 35.5. The van der Waals surface area contributed by atoms with Crippen molar-refractivity contribution in [3.8, 4) is 0 Å². The van der Waals surface area contributed by atoms with E-state index in [1.807, 2.05) is 0 Å². The van der Waals surface area contributed by atoms with Crippen molar-refractivity contribution < 1.29 is 44.2 Å². The Kier molecular flexibility index (Phi) is 6.41. The molecular formula is C17H20ClN5O9. The molecule has 4 rings (SSSR count). The number of nitrogens with one attached hydrogen (secondary N) is 1. The topological polar surface area (TPSA) is 198 Å². The first-order valence-corrected chi connectivity index (χ1v) is 9.97. The Bertz CT molecular complexity index is 1000. The van der Waals surface area contributed by atoms with Crippen LogP contribution in [-0.2, 0) is 23.8 Å². The van der Waals surface area contributed by atoms with Crippen LogP contribution < -0.4 is 5.32 Å². The van der Waals surface area contributed by atoms with Gasteiger partial charge in [0.2, 0.25) is 5.28 Å². The molecule has 0 saturated carbocycles. The lowest BCUT2D eigenvalue weighted by Gasteiger charge is -2.17. The number of rotatable bonds is 8. The van der Waals surface area contributed by atoms with Crippen LogP contribution in [0.4, 0.5) is 5.82 Å². The highest BCUT2D eigenvalue weighted by molar-refractivity contribution is 6.28. The van der Waals surface area contributed by atoms with E-state index in [0.29, 0.717) is 24.5 Å². The zero-order valence-electron chi connectivity index (χ0n) is 16.4. The number of fused-ring (bicyclic) bond motifs is 1. The van der Waals surface area contributed by atoms with Gasteiger partial charge >= 0.3 is 11.9 Å². The van der Waals surface area contributed by atoms with Crippen LogP contribution in [0.25, 0.3) is 11.2 Å². The van der Waals surface area contributed by atoms with Crippen molar-refractivity contribution in [2.75, 3.05) is 25.1 Å². The number of aliphatic carboxylic acids is 2. The Morgan fingerprint density at radius 2 is 2.03 bits per heavy atom. The maximum Gasteiger partial charge on any atom is 0.344 e. The summed E-state index contributed by atoms with van der Waals surface area (Å²) in [5.74, 6) is -3.05. The van der Waals surface area contributed by atoms with Gasteiger partial charge in [-0.3, -0.25) is 4.57 Å². The van der Waals surface area contributed by atoms with Crippen molar-refractivity contribution in [2.24, 2.45) is 0 Å². The number of nitrogens with zero attached hydrogens (tertiary/aromatic N) is 4. The van der Waals surface area contributed by atoms with E-state index in [9.17, 15) is 19.8 Å². The molecule has 2 aliphatic rings. The van der Waals surface area contributed by atoms with Gasteiger partial charge < -0.3 is 40.0 Å². The predicted octanol–water partition coefficient (Wildman–Crippen LogP) is -1.15. The smallest absolute Gasteiger partial charge is 0.344 e. The number of aromatic nitrogens is 4. The van der Waals surface area contributed by atoms with Gasteiger partial charge in [-0.25, -0.2) is 14.6 Å². The molecule has 32 heavy (non-hydrogen) atoms. The van der Waals surface area contributed by atoms with Gasteiger partial charge in [0.05, 0.1) is 25.6 Å². The zero-order chi connectivity index (χ0) is 23.0. The number of hydrogen-bond donors (Lipinski definition) is 5. The van der Waals surface area contributed by atoms with E-state index in [-0.39, 0.29) is 17.0 Å². The van der Waals surface area contributed by atoms with Gasteiger partial charge in [-0.05, 0) is 18.0 Å². The van der Waals surface area contributed by atoms with E-state index in [1.165, 1.54) is 10.9 Å². The molecule has 0 aliphatic carbocycles. The number of anilines is 1. The molecule has 5 atom stereocenters. The van der Waals surface area contributed by atoms with Gasteiger partial charge in [-0.15, -0.1) is 0 Å². The second kappa shape index (κ2) is 9.09. The minimum absolute atomic E-state index is 0.0161. The molecule has 0 radical (unpaired) electrons. The molecule has 2 aliphatic heterocycles. The molecule has 0 bridgehead atoms. The molecule has 174 valence electrons. The van der Waals surface area contributed by atoms with Gasteiger partial charge in [-0.1, -0.05) is 0 Å². The van der Waals surface area contributed by atoms with Crippen LogP contribution in [-0.4, -0.2) is 102 Å². The number of aliphatic hydroxyl groups excluding tert-OH is 2. The Morgan fingerprint density at radius 1 is 1.28 bits per heavy atom. The molecule has 5 N–H and O–H groups in total. The highest BCUT2D eigenvalue weighted by Crippen LogP contribution is 2.33. The van der Waals surface area contributed by atoms with Gasteiger partial charge in [0.1, 0.15) is 18.3 Å². The van der Waals surface area contributed by atoms with E-state index in [0.717, 1.165) is 6.42 Å². The van der Waals surface area contributed by atoms with Crippen molar-refractivity contribution in [1.82, 2.24) is 19.5 Å². The van der Waals surface area contributed by atoms with Crippen molar-refractivity contribution in [3.63, 3.8) is 0 Å². The number of carboxylic acid groups (broad SMARTS) is 2. The van der Waals surface area contributed by atoms with Crippen molar-refractivity contribution in [1.29, 1.82) is 0 Å².